The van der Waals surface area contributed by atoms with Crippen LogP contribution in [0.1, 0.15) is 348 Å². The zero-order chi connectivity index (χ0) is 62.6. The molecular weight excluding hydrogens is 1090 g/mol. The molecule has 0 saturated carbocycles. The average molecular weight is 1230 g/mol. The topological polar surface area (TPSA) is 111 Å². The van der Waals surface area contributed by atoms with E-state index in [0.717, 1.165) is 77.0 Å². The van der Waals surface area contributed by atoms with Gasteiger partial charge in [-0.1, -0.05) is 344 Å². The van der Waals surface area contributed by atoms with E-state index in [1.807, 2.05) is 21.1 Å². The lowest BCUT2D eigenvalue weighted by atomic mass is 10.0. The molecule has 502 valence electrons. The van der Waals surface area contributed by atoms with Crippen molar-refractivity contribution in [3.8, 4) is 0 Å². The van der Waals surface area contributed by atoms with Crippen LogP contribution >= 0.6 is 7.82 Å². The van der Waals surface area contributed by atoms with Crippen molar-refractivity contribution < 1.29 is 42.1 Å². The maximum absolute atomic E-state index is 12.9. The highest BCUT2D eigenvalue weighted by molar-refractivity contribution is 7.45. The molecule has 0 bridgehead atoms. The number of nitrogens with zero attached hydrogens (tertiary/aromatic N) is 1. The third-order valence-corrected chi connectivity index (χ3v) is 17.2. The van der Waals surface area contributed by atoms with Crippen LogP contribution in [-0.2, 0) is 32.7 Å². The fourth-order valence-electron chi connectivity index (χ4n) is 10.7. The Bertz CT molecular complexity index is 1680. The highest BCUT2D eigenvalue weighted by Gasteiger charge is 2.22. The number of hydrogen-bond acceptors (Lipinski definition) is 8. The number of quaternary nitrogens is 1. The first-order valence-electron chi connectivity index (χ1n) is 36.6. The summed E-state index contributed by atoms with van der Waals surface area (Å²) in [5, 5.41) is 0. The van der Waals surface area contributed by atoms with Gasteiger partial charge in [0.25, 0.3) is 7.82 Å². The third-order valence-electron chi connectivity index (χ3n) is 16.2. The average Bonchev–Trinajstić information content (AvgIpc) is 3.56. The standard InChI is InChI=1S/C76H140NO8P/c1-6-8-10-12-14-16-18-20-22-24-26-28-30-32-34-36-38-40-42-44-46-48-50-52-54-56-58-60-62-64-66-68-75(78)82-72-74(73-84-86(80,81)83-71-70-77(3,4)5)85-76(79)69-67-65-63-61-59-57-55-53-51-49-47-45-43-41-39-37-35-33-31-29-27-25-23-21-19-17-15-13-11-9-7-2/h9,11,15,17,21,23,27,29,33,35,39,41,74H,6-8,10,12-14,16,18-20,22,24-26,28,30-32,34,36-38,40,42-73H2,1-5H3/b11-9-,17-15-,23-21-,29-27-,35-33-,41-39-. The number of esters is 2. The van der Waals surface area contributed by atoms with Gasteiger partial charge in [-0.25, -0.2) is 0 Å². The van der Waals surface area contributed by atoms with Gasteiger partial charge in [0, 0.05) is 12.8 Å². The summed E-state index contributed by atoms with van der Waals surface area (Å²) in [5.74, 6) is -0.821. The van der Waals surface area contributed by atoms with Crippen molar-refractivity contribution in [1.82, 2.24) is 0 Å². The number of allylic oxidation sites excluding steroid dienone is 12. The molecule has 0 aliphatic rings. The molecular formula is C76H140NO8P. The van der Waals surface area contributed by atoms with E-state index in [1.54, 1.807) is 0 Å². The second kappa shape index (κ2) is 66.9. The van der Waals surface area contributed by atoms with E-state index in [-0.39, 0.29) is 32.0 Å². The third kappa shape index (κ3) is 70.5. The summed E-state index contributed by atoms with van der Waals surface area (Å²) in [6, 6.07) is 0. The zero-order valence-corrected chi connectivity index (χ0v) is 58.2. The number of unbranched alkanes of at least 4 members (excludes halogenated alkanes) is 42. The lowest BCUT2D eigenvalue weighted by Crippen LogP contribution is -2.37. The molecule has 10 heteroatoms. The summed E-state index contributed by atoms with van der Waals surface area (Å²) in [6.07, 6.45) is 90.0. The van der Waals surface area contributed by atoms with Crippen LogP contribution in [0.15, 0.2) is 72.9 Å². The zero-order valence-electron chi connectivity index (χ0n) is 57.3. The van der Waals surface area contributed by atoms with Crippen LogP contribution < -0.4 is 4.89 Å². The van der Waals surface area contributed by atoms with Crippen LogP contribution in [0.5, 0.6) is 0 Å². The van der Waals surface area contributed by atoms with Crippen LogP contribution in [0.3, 0.4) is 0 Å². The number of carbonyl (C=O) groups excluding carboxylic acids is 2. The van der Waals surface area contributed by atoms with E-state index in [1.165, 1.54) is 238 Å². The minimum Gasteiger partial charge on any atom is -0.756 e. The van der Waals surface area contributed by atoms with Gasteiger partial charge in [-0.3, -0.25) is 14.2 Å². The van der Waals surface area contributed by atoms with E-state index in [4.69, 9.17) is 18.5 Å². The predicted molar refractivity (Wildman–Crippen MR) is 370 cm³/mol. The van der Waals surface area contributed by atoms with Crippen molar-refractivity contribution in [2.24, 2.45) is 0 Å². The monoisotopic (exact) mass is 1230 g/mol. The molecule has 0 aliphatic carbocycles. The molecule has 2 atom stereocenters. The first kappa shape index (κ1) is 83.5. The predicted octanol–water partition coefficient (Wildman–Crippen LogP) is 23.3. The van der Waals surface area contributed by atoms with Gasteiger partial charge < -0.3 is 27.9 Å². The summed E-state index contributed by atoms with van der Waals surface area (Å²) < 4.78 is 34.4. The van der Waals surface area contributed by atoms with Crippen molar-refractivity contribution in [1.29, 1.82) is 0 Å². The Morgan fingerprint density at radius 1 is 0.372 bits per heavy atom. The molecule has 2 unspecified atom stereocenters. The second-order valence-corrected chi connectivity index (χ2v) is 27.3. The second-order valence-electron chi connectivity index (χ2n) is 25.9. The molecule has 0 heterocycles. The van der Waals surface area contributed by atoms with E-state index < -0.39 is 26.5 Å². The van der Waals surface area contributed by atoms with Gasteiger partial charge in [0.15, 0.2) is 6.10 Å². The number of hydrogen-bond donors (Lipinski definition) is 0. The Kier molecular flexibility index (Phi) is 64.9. The molecule has 0 rings (SSSR count). The van der Waals surface area contributed by atoms with Crippen molar-refractivity contribution in [3.05, 3.63) is 72.9 Å². The first-order valence-corrected chi connectivity index (χ1v) is 38.1. The number of phosphoric acid groups is 1. The molecule has 0 amide bonds. The van der Waals surface area contributed by atoms with Gasteiger partial charge in [0.05, 0.1) is 27.7 Å². The van der Waals surface area contributed by atoms with Gasteiger partial charge >= 0.3 is 11.9 Å². The summed E-state index contributed by atoms with van der Waals surface area (Å²) in [7, 11) is 1.17. The molecule has 0 aromatic heterocycles. The van der Waals surface area contributed by atoms with E-state index in [2.05, 4.69) is 86.8 Å². The lowest BCUT2D eigenvalue weighted by molar-refractivity contribution is -0.870. The molecule has 0 aliphatic heterocycles. The maximum atomic E-state index is 12.9. The van der Waals surface area contributed by atoms with Crippen molar-refractivity contribution >= 4 is 19.8 Å². The largest absolute Gasteiger partial charge is 0.756 e. The molecule has 0 N–H and O–H groups in total. The minimum atomic E-state index is -4.64. The summed E-state index contributed by atoms with van der Waals surface area (Å²) in [4.78, 5) is 38.1. The van der Waals surface area contributed by atoms with Crippen LogP contribution in [0.4, 0.5) is 0 Å². The van der Waals surface area contributed by atoms with Crippen molar-refractivity contribution in [2.45, 2.75) is 354 Å². The normalized spacial score (nSPS) is 13.5. The van der Waals surface area contributed by atoms with Crippen molar-refractivity contribution in [3.63, 3.8) is 0 Å². The highest BCUT2D eigenvalue weighted by Crippen LogP contribution is 2.38. The molecule has 0 aromatic carbocycles. The number of ether oxygens (including phenoxy) is 2. The highest BCUT2D eigenvalue weighted by atomic mass is 31.2. The van der Waals surface area contributed by atoms with Gasteiger partial charge in [-0.2, -0.15) is 0 Å². The molecule has 0 saturated heterocycles. The van der Waals surface area contributed by atoms with E-state index in [9.17, 15) is 19.0 Å². The Balaban J connectivity index is 4.00. The maximum Gasteiger partial charge on any atom is 0.306 e. The van der Waals surface area contributed by atoms with Gasteiger partial charge in [-0.05, 0) is 64.2 Å². The SMILES string of the molecule is CC/C=C\C/C=C\C/C=C\C/C=C\C/C=C\C/C=C\CCCCCCCCCCCCCCC(=O)OC(COC(=O)CCCCCCCCCCCCCCCCCCCCCCCCCCCCCCCCC)COP(=O)([O-])OCC[N+](C)(C)C. The molecule has 86 heavy (non-hydrogen) atoms. The summed E-state index contributed by atoms with van der Waals surface area (Å²) in [6.45, 7) is 4.18. The number of rotatable bonds is 68. The van der Waals surface area contributed by atoms with Crippen LogP contribution in [-0.4, -0.2) is 70.0 Å². The first-order chi connectivity index (χ1) is 42.0. The Morgan fingerprint density at radius 3 is 0.988 bits per heavy atom. The van der Waals surface area contributed by atoms with Crippen LogP contribution in [0, 0.1) is 0 Å². The smallest absolute Gasteiger partial charge is 0.306 e. The fraction of sp³-hybridized carbons (Fsp3) is 0.816. The van der Waals surface area contributed by atoms with E-state index >= 15 is 0 Å². The molecule has 0 spiro atoms. The van der Waals surface area contributed by atoms with Gasteiger partial charge in [0.1, 0.15) is 19.8 Å². The summed E-state index contributed by atoms with van der Waals surface area (Å²) in [5.41, 5.74) is 0. The van der Waals surface area contributed by atoms with E-state index in [0.29, 0.717) is 17.4 Å². The van der Waals surface area contributed by atoms with Crippen LogP contribution in [0.25, 0.3) is 0 Å². The minimum absolute atomic E-state index is 0.0315. The Labute approximate surface area is 533 Å². The number of likely N-dealkylation sites (N-methyl/N-ethyl adjacent to an activating group) is 1. The Morgan fingerprint density at radius 2 is 0.663 bits per heavy atom. The van der Waals surface area contributed by atoms with Gasteiger partial charge in [0.2, 0.25) is 0 Å². The summed E-state index contributed by atoms with van der Waals surface area (Å²) >= 11 is 0. The fourth-order valence-corrected chi connectivity index (χ4v) is 11.4. The van der Waals surface area contributed by atoms with Gasteiger partial charge in [-0.15, -0.1) is 0 Å². The number of phosphoric ester groups is 1. The Hall–Kier alpha value is -2.55. The molecule has 9 nitrogen and oxygen atoms in total. The quantitative estimate of drug-likeness (QED) is 0.0195. The molecule has 0 aromatic rings. The van der Waals surface area contributed by atoms with Crippen molar-refractivity contribution in [2.75, 3.05) is 47.5 Å². The number of carbonyl (C=O) groups is 2. The molecule has 0 fully saturated rings. The molecule has 0 radical (unpaired) electrons. The lowest BCUT2D eigenvalue weighted by Gasteiger charge is -2.28. The van der Waals surface area contributed by atoms with Crippen LogP contribution in [0.2, 0.25) is 0 Å².